The number of halogens is 1. The van der Waals surface area contributed by atoms with Gasteiger partial charge in [0.15, 0.2) is 5.54 Å². The summed E-state index contributed by atoms with van der Waals surface area (Å²) < 4.78 is 19.4. The highest BCUT2D eigenvalue weighted by Gasteiger charge is 2.50. The first-order chi connectivity index (χ1) is 17.4. The summed E-state index contributed by atoms with van der Waals surface area (Å²) in [4.78, 5) is 20.5. The average Bonchev–Trinajstić information content (AvgIpc) is 3.28. The minimum absolute atomic E-state index is 0.0768. The predicted octanol–water partition coefficient (Wildman–Crippen LogP) is 5.85. The van der Waals surface area contributed by atoms with E-state index >= 15 is 0 Å². The maximum Gasteiger partial charge on any atom is 0.334 e. The number of benzene rings is 1. The van der Waals surface area contributed by atoms with E-state index in [0.29, 0.717) is 36.2 Å². The molecule has 1 aliphatic heterocycles. The Kier molecular flexibility index (Phi) is 9.73. The van der Waals surface area contributed by atoms with Gasteiger partial charge in [0.05, 0.1) is 19.0 Å². The monoisotopic (exact) mass is 517 g/mol. The van der Waals surface area contributed by atoms with Crippen LogP contribution in [0, 0.1) is 23.6 Å². The number of rotatable bonds is 10. The van der Waals surface area contributed by atoms with Crippen LogP contribution in [-0.4, -0.2) is 61.5 Å². The second-order valence-electron chi connectivity index (χ2n) is 11.4. The highest BCUT2D eigenvalue weighted by Crippen LogP contribution is 2.42. The molecule has 1 N–H and O–H groups in total. The molecule has 1 heterocycles. The first-order valence-corrected chi connectivity index (χ1v) is 15.2. The number of nitrogens with one attached hydrogen (secondary N) is 1. The molecular weight excluding hydrogens is 473 g/mol. The van der Waals surface area contributed by atoms with Gasteiger partial charge in [0, 0.05) is 11.8 Å². The SMILES string of the molecule is CSCC1(C(=O)OCC2CCCCC2)NC=NC1CC1CCC(C(c2ccc(F)cc2)N(C)C)CC1. The predicted molar refractivity (Wildman–Crippen MR) is 147 cm³/mol. The Bertz CT molecular complexity index is 866. The summed E-state index contributed by atoms with van der Waals surface area (Å²) in [5.41, 5.74) is 0.444. The van der Waals surface area contributed by atoms with Crippen molar-refractivity contribution in [2.75, 3.05) is 32.7 Å². The Balaban J connectivity index is 1.35. The Morgan fingerprint density at radius 3 is 2.44 bits per heavy atom. The third-order valence-corrected chi connectivity index (χ3v) is 9.46. The van der Waals surface area contributed by atoms with Crippen LogP contribution in [0.3, 0.4) is 0 Å². The summed E-state index contributed by atoms with van der Waals surface area (Å²) >= 11 is 1.68. The van der Waals surface area contributed by atoms with Crippen molar-refractivity contribution in [1.29, 1.82) is 0 Å². The maximum atomic E-state index is 13.5. The molecule has 2 aliphatic carbocycles. The van der Waals surface area contributed by atoms with E-state index in [1.54, 1.807) is 30.2 Å². The number of carbonyl (C=O) groups excluding carboxylic acids is 1. The molecule has 200 valence electrons. The summed E-state index contributed by atoms with van der Waals surface area (Å²) in [6, 6.07) is 7.22. The number of thioether (sulfide) groups is 1. The van der Waals surface area contributed by atoms with Gasteiger partial charge in [-0.05, 0) is 87.9 Å². The first kappa shape index (κ1) is 27.4. The van der Waals surface area contributed by atoms with Gasteiger partial charge in [0.2, 0.25) is 0 Å². The zero-order chi connectivity index (χ0) is 25.5. The van der Waals surface area contributed by atoms with Crippen molar-refractivity contribution >= 4 is 24.1 Å². The molecule has 1 aromatic rings. The fraction of sp³-hybridized carbons (Fsp3) is 0.724. The smallest absolute Gasteiger partial charge is 0.334 e. The minimum Gasteiger partial charge on any atom is -0.464 e. The summed E-state index contributed by atoms with van der Waals surface area (Å²) in [6.07, 6.45) is 15.4. The van der Waals surface area contributed by atoms with Gasteiger partial charge >= 0.3 is 5.97 Å². The van der Waals surface area contributed by atoms with E-state index in [1.807, 2.05) is 12.1 Å². The van der Waals surface area contributed by atoms with E-state index < -0.39 is 5.54 Å². The number of aliphatic imine (C=N–C) groups is 1. The Hall–Kier alpha value is -1.60. The fourth-order valence-electron chi connectivity index (χ4n) is 6.73. The van der Waals surface area contributed by atoms with E-state index in [1.165, 1.54) is 37.7 Å². The number of hydrogen-bond donors (Lipinski definition) is 1. The van der Waals surface area contributed by atoms with Gasteiger partial charge < -0.3 is 15.0 Å². The van der Waals surface area contributed by atoms with Crippen molar-refractivity contribution in [2.24, 2.45) is 22.7 Å². The molecule has 0 saturated heterocycles. The van der Waals surface area contributed by atoms with Crippen LogP contribution in [0.2, 0.25) is 0 Å². The Labute approximate surface area is 221 Å². The summed E-state index contributed by atoms with van der Waals surface area (Å²) in [7, 11) is 4.24. The van der Waals surface area contributed by atoms with Crippen LogP contribution in [0.1, 0.15) is 75.8 Å². The van der Waals surface area contributed by atoms with Crippen molar-refractivity contribution in [1.82, 2.24) is 10.2 Å². The van der Waals surface area contributed by atoms with Crippen LogP contribution < -0.4 is 5.32 Å². The van der Waals surface area contributed by atoms with Gasteiger partial charge in [-0.3, -0.25) is 4.99 Å². The highest BCUT2D eigenvalue weighted by atomic mass is 32.2. The normalized spacial score (nSPS) is 29.8. The summed E-state index contributed by atoms with van der Waals surface area (Å²) in [6.45, 7) is 0.545. The Morgan fingerprint density at radius 2 is 1.81 bits per heavy atom. The lowest BCUT2D eigenvalue weighted by Gasteiger charge is -2.39. The van der Waals surface area contributed by atoms with Crippen LogP contribution >= 0.6 is 11.8 Å². The molecule has 4 rings (SSSR count). The highest BCUT2D eigenvalue weighted by molar-refractivity contribution is 7.98. The zero-order valence-corrected chi connectivity index (χ0v) is 23.1. The van der Waals surface area contributed by atoms with Crippen LogP contribution in [0.15, 0.2) is 29.3 Å². The summed E-state index contributed by atoms with van der Waals surface area (Å²) in [5.74, 6) is 1.97. The standard InChI is InChI=1S/C29H44FN3O2S/c1-33(2)27(24-13-15-25(30)16-14-24)23-11-9-21(10-12-23)17-26-29(19-36-3,32-20-31-26)28(34)35-18-22-7-5-4-6-8-22/h13-16,20-23,26-27H,4-12,17-19H2,1-3H3,(H,31,32). The number of carbonyl (C=O) groups is 1. The minimum atomic E-state index is -0.745. The fourth-order valence-corrected chi connectivity index (χ4v) is 7.58. The van der Waals surface area contributed by atoms with Crippen molar-refractivity contribution in [2.45, 2.75) is 81.8 Å². The van der Waals surface area contributed by atoms with E-state index in [4.69, 9.17) is 9.73 Å². The van der Waals surface area contributed by atoms with Gasteiger partial charge in [-0.15, -0.1) is 0 Å². The molecule has 0 amide bonds. The van der Waals surface area contributed by atoms with Gasteiger partial charge in [0.1, 0.15) is 5.82 Å². The van der Waals surface area contributed by atoms with Crippen molar-refractivity contribution < 1.29 is 13.9 Å². The van der Waals surface area contributed by atoms with Gasteiger partial charge in [0.25, 0.3) is 0 Å². The molecule has 0 bridgehead atoms. The maximum absolute atomic E-state index is 13.5. The van der Waals surface area contributed by atoms with Crippen LogP contribution in [0.4, 0.5) is 4.39 Å². The quantitative estimate of drug-likeness (QED) is 0.395. The molecule has 3 atom stereocenters. The molecule has 2 fully saturated rings. The van der Waals surface area contributed by atoms with Crippen LogP contribution in [-0.2, 0) is 9.53 Å². The summed E-state index contributed by atoms with van der Waals surface area (Å²) in [5, 5.41) is 3.34. The molecule has 3 unspecified atom stereocenters. The average molecular weight is 518 g/mol. The van der Waals surface area contributed by atoms with E-state index in [2.05, 4.69) is 30.6 Å². The third-order valence-electron chi connectivity index (χ3n) is 8.72. The molecule has 0 radical (unpaired) electrons. The molecule has 0 spiro atoms. The van der Waals surface area contributed by atoms with Crippen molar-refractivity contribution in [3.8, 4) is 0 Å². The number of nitrogens with zero attached hydrogens (tertiary/aromatic N) is 2. The topological polar surface area (TPSA) is 53.9 Å². The largest absolute Gasteiger partial charge is 0.464 e. The number of hydrogen-bond acceptors (Lipinski definition) is 6. The lowest BCUT2D eigenvalue weighted by Crippen LogP contribution is -2.59. The van der Waals surface area contributed by atoms with Crippen molar-refractivity contribution in [3.05, 3.63) is 35.6 Å². The number of ether oxygens (including phenoxy) is 1. The van der Waals surface area contributed by atoms with Crippen molar-refractivity contribution in [3.63, 3.8) is 0 Å². The molecule has 0 aromatic heterocycles. The molecule has 3 aliphatic rings. The lowest BCUT2D eigenvalue weighted by molar-refractivity contribution is -0.152. The second kappa shape index (κ2) is 12.8. The third kappa shape index (κ3) is 6.45. The first-order valence-electron chi connectivity index (χ1n) is 13.8. The lowest BCUT2D eigenvalue weighted by atomic mass is 9.73. The molecule has 5 nitrogen and oxygen atoms in total. The molecular formula is C29H44FN3O2S. The van der Waals surface area contributed by atoms with E-state index in [9.17, 15) is 9.18 Å². The molecule has 36 heavy (non-hydrogen) atoms. The van der Waals surface area contributed by atoms with Gasteiger partial charge in [-0.2, -0.15) is 11.8 Å². The number of esters is 1. The molecule has 7 heteroatoms. The van der Waals surface area contributed by atoms with Gasteiger partial charge in [-0.1, -0.05) is 44.2 Å². The Morgan fingerprint density at radius 1 is 1.11 bits per heavy atom. The van der Waals surface area contributed by atoms with Crippen LogP contribution in [0.5, 0.6) is 0 Å². The molecule has 2 saturated carbocycles. The second-order valence-corrected chi connectivity index (χ2v) is 12.3. The molecule has 1 aromatic carbocycles. The van der Waals surface area contributed by atoms with Crippen LogP contribution in [0.25, 0.3) is 0 Å². The van der Waals surface area contributed by atoms with E-state index in [-0.39, 0.29) is 17.8 Å². The van der Waals surface area contributed by atoms with Gasteiger partial charge in [-0.25, -0.2) is 9.18 Å². The zero-order valence-electron chi connectivity index (χ0n) is 22.3. The van der Waals surface area contributed by atoms with E-state index in [0.717, 1.165) is 32.1 Å².